The molecule has 180 valence electrons. The lowest BCUT2D eigenvalue weighted by Gasteiger charge is -2.10. The second-order valence-electron chi connectivity index (χ2n) is 7.82. The summed E-state index contributed by atoms with van der Waals surface area (Å²) >= 11 is 1.31. The number of anilines is 1. The molecule has 0 aliphatic carbocycles. The molecule has 9 heteroatoms. The Morgan fingerprint density at radius 3 is 2.51 bits per heavy atom. The summed E-state index contributed by atoms with van der Waals surface area (Å²) in [6, 6.07) is 18.5. The zero-order chi connectivity index (χ0) is 24.6. The van der Waals surface area contributed by atoms with Crippen LogP contribution in [-0.4, -0.2) is 39.0 Å². The number of carbonyl (C=O) groups excluding carboxylic acids is 2. The molecule has 1 amide bonds. The molecule has 0 atom stereocenters. The third kappa shape index (κ3) is 6.19. The topological polar surface area (TPSA) is 99.2 Å². The van der Waals surface area contributed by atoms with Crippen LogP contribution in [0.2, 0.25) is 0 Å². The maximum Gasteiger partial charge on any atom is 0.338 e. The van der Waals surface area contributed by atoms with Crippen LogP contribution in [0, 0.1) is 6.92 Å². The standard InChI is InChI=1S/C26H26N4O4S/c1-3-14-34-25(32)20-9-11-21(12-10-20)27-23(31)17-35-26-29-28-24(22-13-15-33-18(22)2)30(26)16-19-7-5-4-6-8-19/h4-13,15H,3,14,16-17H2,1-2H3,(H,27,31). The zero-order valence-corrected chi connectivity index (χ0v) is 20.4. The molecule has 0 fully saturated rings. The van der Waals surface area contributed by atoms with Gasteiger partial charge < -0.3 is 14.5 Å². The Hall–Kier alpha value is -3.85. The Morgan fingerprint density at radius 2 is 1.83 bits per heavy atom. The number of ether oxygens (including phenoxy) is 1. The number of furan rings is 1. The Labute approximate surface area is 207 Å². The van der Waals surface area contributed by atoms with Crippen LogP contribution in [-0.2, 0) is 16.1 Å². The molecule has 1 N–H and O–H groups in total. The SMILES string of the molecule is CCCOC(=O)c1ccc(NC(=O)CSc2nnc(-c3ccoc3C)n2Cc2ccccc2)cc1. The van der Waals surface area contributed by atoms with E-state index in [2.05, 4.69) is 15.5 Å². The summed E-state index contributed by atoms with van der Waals surface area (Å²) in [7, 11) is 0. The number of amides is 1. The molecule has 8 nitrogen and oxygen atoms in total. The fourth-order valence-corrected chi connectivity index (χ4v) is 4.15. The number of hydrogen-bond acceptors (Lipinski definition) is 7. The molecule has 0 bridgehead atoms. The first kappa shape index (κ1) is 24.3. The highest BCUT2D eigenvalue weighted by atomic mass is 32.2. The maximum absolute atomic E-state index is 12.6. The smallest absolute Gasteiger partial charge is 0.338 e. The Bertz CT molecular complexity index is 1280. The van der Waals surface area contributed by atoms with Crippen molar-refractivity contribution >= 4 is 29.3 Å². The summed E-state index contributed by atoms with van der Waals surface area (Å²) in [5.41, 5.74) is 3.01. The van der Waals surface area contributed by atoms with Crippen LogP contribution in [0.3, 0.4) is 0 Å². The van der Waals surface area contributed by atoms with Gasteiger partial charge >= 0.3 is 5.97 Å². The van der Waals surface area contributed by atoms with Crippen LogP contribution in [0.25, 0.3) is 11.4 Å². The number of benzene rings is 2. The average Bonchev–Trinajstić information content (AvgIpc) is 3.47. The van der Waals surface area contributed by atoms with Crippen molar-refractivity contribution in [3.8, 4) is 11.4 Å². The minimum atomic E-state index is -0.373. The number of hydrogen-bond donors (Lipinski definition) is 1. The highest BCUT2D eigenvalue weighted by Gasteiger charge is 2.19. The van der Waals surface area contributed by atoms with Crippen molar-refractivity contribution in [2.45, 2.75) is 32.0 Å². The summed E-state index contributed by atoms with van der Waals surface area (Å²) < 4.78 is 12.6. The highest BCUT2D eigenvalue weighted by molar-refractivity contribution is 7.99. The van der Waals surface area contributed by atoms with Gasteiger partial charge in [-0.2, -0.15) is 0 Å². The molecule has 2 aromatic heterocycles. The number of rotatable bonds is 10. The molecule has 0 saturated heterocycles. The first-order valence-corrected chi connectivity index (χ1v) is 12.2. The molecule has 0 unspecified atom stereocenters. The zero-order valence-electron chi connectivity index (χ0n) is 19.6. The Balaban J connectivity index is 1.43. The fourth-order valence-electron chi connectivity index (χ4n) is 3.42. The van der Waals surface area contributed by atoms with E-state index in [1.807, 2.05) is 54.8 Å². The van der Waals surface area contributed by atoms with E-state index >= 15 is 0 Å². The van der Waals surface area contributed by atoms with E-state index in [0.717, 1.165) is 23.3 Å². The lowest BCUT2D eigenvalue weighted by molar-refractivity contribution is -0.113. The quantitative estimate of drug-likeness (QED) is 0.241. The van der Waals surface area contributed by atoms with E-state index in [1.54, 1.807) is 30.5 Å². The van der Waals surface area contributed by atoms with Gasteiger partial charge in [-0.3, -0.25) is 9.36 Å². The molecule has 35 heavy (non-hydrogen) atoms. The third-order valence-corrected chi connectivity index (χ3v) is 6.14. The summed E-state index contributed by atoms with van der Waals surface area (Å²) in [4.78, 5) is 24.5. The monoisotopic (exact) mass is 490 g/mol. The summed E-state index contributed by atoms with van der Waals surface area (Å²) in [5.74, 6) is 1.03. The van der Waals surface area contributed by atoms with Gasteiger partial charge in [0.15, 0.2) is 11.0 Å². The number of carbonyl (C=O) groups is 2. The lowest BCUT2D eigenvalue weighted by atomic mass is 10.2. The normalized spacial score (nSPS) is 10.8. The lowest BCUT2D eigenvalue weighted by Crippen LogP contribution is -2.15. The number of nitrogens with one attached hydrogen (secondary N) is 1. The summed E-state index contributed by atoms with van der Waals surface area (Å²) in [6.45, 7) is 4.76. The first-order valence-electron chi connectivity index (χ1n) is 11.3. The third-order valence-electron chi connectivity index (χ3n) is 5.17. The van der Waals surface area contributed by atoms with E-state index in [0.29, 0.717) is 35.4 Å². The number of esters is 1. The minimum absolute atomic E-state index is 0.150. The van der Waals surface area contributed by atoms with E-state index < -0.39 is 0 Å². The van der Waals surface area contributed by atoms with E-state index in [4.69, 9.17) is 9.15 Å². The van der Waals surface area contributed by atoms with Crippen molar-refractivity contribution in [2.75, 3.05) is 17.7 Å². The van der Waals surface area contributed by atoms with Crippen LogP contribution in [0.4, 0.5) is 5.69 Å². The number of thioether (sulfide) groups is 1. The van der Waals surface area contributed by atoms with Gasteiger partial charge in [0, 0.05) is 5.69 Å². The van der Waals surface area contributed by atoms with Crippen LogP contribution in [0.15, 0.2) is 76.5 Å². The molecule has 0 aliphatic heterocycles. The summed E-state index contributed by atoms with van der Waals surface area (Å²) in [5, 5.41) is 12.2. The minimum Gasteiger partial charge on any atom is -0.469 e. The molecule has 2 aromatic carbocycles. The predicted molar refractivity (Wildman–Crippen MR) is 134 cm³/mol. The summed E-state index contributed by atoms with van der Waals surface area (Å²) in [6.07, 6.45) is 2.39. The van der Waals surface area contributed by atoms with E-state index in [-0.39, 0.29) is 17.6 Å². The van der Waals surface area contributed by atoms with E-state index in [1.165, 1.54) is 11.8 Å². The second kappa shape index (κ2) is 11.5. The molecule has 0 spiro atoms. The highest BCUT2D eigenvalue weighted by Crippen LogP contribution is 2.28. The van der Waals surface area contributed by atoms with Gasteiger partial charge in [-0.25, -0.2) is 4.79 Å². The van der Waals surface area contributed by atoms with Crippen molar-refractivity contribution in [1.82, 2.24) is 14.8 Å². The van der Waals surface area contributed by atoms with E-state index in [9.17, 15) is 9.59 Å². The first-order chi connectivity index (χ1) is 17.0. The second-order valence-corrected chi connectivity index (χ2v) is 8.76. The van der Waals surface area contributed by atoms with Gasteiger partial charge in [0.1, 0.15) is 5.76 Å². The molecule has 0 saturated carbocycles. The molecule has 4 rings (SSSR count). The number of aryl methyl sites for hydroxylation is 1. The number of aromatic nitrogens is 3. The molecule has 2 heterocycles. The van der Waals surface area contributed by atoms with Gasteiger partial charge in [0.2, 0.25) is 5.91 Å². The van der Waals surface area contributed by atoms with Crippen molar-refractivity contribution in [1.29, 1.82) is 0 Å². The van der Waals surface area contributed by atoms with Crippen LogP contribution in [0.5, 0.6) is 0 Å². The van der Waals surface area contributed by atoms with Gasteiger partial charge in [-0.05, 0) is 49.2 Å². The number of nitrogens with zero attached hydrogens (tertiary/aromatic N) is 3. The molecular formula is C26H26N4O4S. The van der Waals surface area contributed by atoms with Crippen LogP contribution in [0.1, 0.15) is 35.0 Å². The fraction of sp³-hybridized carbons (Fsp3) is 0.231. The van der Waals surface area contributed by atoms with Crippen LogP contribution < -0.4 is 5.32 Å². The molecule has 4 aromatic rings. The molecule has 0 aliphatic rings. The van der Waals surface area contributed by atoms with Crippen molar-refractivity contribution < 1.29 is 18.7 Å². The van der Waals surface area contributed by atoms with Gasteiger partial charge in [0.25, 0.3) is 0 Å². The average molecular weight is 491 g/mol. The van der Waals surface area contributed by atoms with Gasteiger partial charge in [-0.1, -0.05) is 49.0 Å². The van der Waals surface area contributed by atoms with Crippen molar-refractivity contribution in [3.63, 3.8) is 0 Å². The Morgan fingerprint density at radius 1 is 1.06 bits per heavy atom. The van der Waals surface area contributed by atoms with Gasteiger partial charge in [0.05, 0.1) is 36.3 Å². The van der Waals surface area contributed by atoms with Gasteiger partial charge in [-0.15, -0.1) is 10.2 Å². The molecular weight excluding hydrogens is 464 g/mol. The van der Waals surface area contributed by atoms with Crippen LogP contribution >= 0.6 is 11.8 Å². The largest absolute Gasteiger partial charge is 0.469 e. The van der Waals surface area contributed by atoms with Crippen molar-refractivity contribution in [3.05, 3.63) is 83.8 Å². The predicted octanol–water partition coefficient (Wildman–Crippen LogP) is 5.19. The maximum atomic E-state index is 12.6. The molecule has 0 radical (unpaired) electrons. The van der Waals surface area contributed by atoms with Crippen molar-refractivity contribution in [2.24, 2.45) is 0 Å². The Kier molecular flexibility index (Phi) is 7.99.